The van der Waals surface area contributed by atoms with E-state index in [0.29, 0.717) is 11.3 Å². The summed E-state index contributed by atoms with van der Waals surface area (Å²) < 4.78 is 22.4. The van der Waals surface area contributed by atoms with Gasteiger partial charge < -0.3 is 11.1 Å². The lowest BCUT2D eigenvalue weighted by atomic mass is 10.2. The van der Waals surface area contributed by atoms with Crippen LogP contribution in [0.2, 0.25) is 0 Å². The molecule has 0 bridgehead atoms. The van der Waals surface area contributed by atoms with E-state index >= 15 is 0 Å². The Labute approximate surface area is 119 Å². The molecule has 0 aromatic heterocycles. The van der Waals surface area contributed by atoms with Crippen LogP contribution in [-0.4, -0.2) is 26.6 Å². The van der Waals surface area contributed by atoms with Gasteiger partial charge >= 0.3 is 0 Å². The van der Waals surface area contributed by atoms with Crippen molar-refractivity contribution >= 4 is 33.8 Å². The quantitative estimate of drug-likeness (QED) is 0.859. The number of nitrogens with two attached hydrogens (primary N) is 1. The fourth-order valence-electron chi connectivity index (χ4n) is 1.55. The number of rotatable bonds is 5. The number of anilines is 1. The van der Waals surface area contributed by atoms with Crippen molar-refractivity contribution in [2.45, 2.75) is 25.1 Å². The van der Waals surface area contributed by atoms with Crippen LogP contribution in [0.4, 0.5) is 5.69 Å². The molecule has 1 atom stereocenters. The van der Waals surface area contributed by atoms with E-state index in [2.05, 4.69) is 5.32 Å². The molecule has 0 aliphatic heterocycles. The molecule has 1 rings (SSSR count). The number of sulfone groups is 1. The van der Waals surface area contributed by atoms with Crippen molar-refractivity contribution in [3.63, 3.8) is 0 Å². The smallest absolute Gasteiger partial charge is 0.225 e. The highest BCUT2D eigenvalue weighted by Crippen LogP contribution is 2.13. The van der Waals surface area contributed by atoms with Gasteiger partial charge in [-0.3, -0.25) is 4.79 Å². The van der Waals surface area contributed by atoms with Crippen LogP contribution in [0.25, 0.3) is 0 Å². The number of carbonyl (C=O) groups excluding carboxylic acids is 1. The van der Waals surface area contributed by atoms with E-state index in [1.807, 2.05) is 0 Å². The number of benzene rings is 1. The van der Waals surface area contributed by atoms with Crippen LogP contribution in [0.15, 0.2) is 24.3 Å². The lowest BCUT2D eigenvalue weighted by Crippen LogP contribution is -2.24. The largest absolute Gasteiger partial charge is 0.327 e. The molecule has 0 fully saturated rings. The first-order chi connectivity index (χ1) is 8.26. The zero-order valence-corrected chi connectivity index (χ0v) is 12.6. The van der Waals surface area contributed by atoms with Gasteiger partial charge in [0.15, 0.2) is 9.84 Å². The summed E-state index contributed by atoms with van der Waals surface area (Å²) in [6, 6.07) is 6.58. The van der Waals surface area contributed by atoms with Gasteiger partial charge in [-0.2, -0.15) is 0 Å². The molecule has 0 saturated heterocycles. The van der Waals surface area contributed by atoms with Gasteiger partial charge in [-0.15, -0.1) is 12.4 Å². The third-order valence-corrected chi connectivity index (χ3v) is 3.00. The summed E-state index contributed by atoms with van der Waals surface area (Å²) >= 11 is 0. The predicted octanol–water partition coefficient (Wildman–Crippen LogP) is 1.33. The van der Waals surface area contributed by atoms with E-state index in [1.54, 1.807) is 31.2 Å². The molecule has 108 valence electrons. The summed E-state index contributed by atoms with van der Waals surface area (Å²) in [5.74, 6) is -0.217. The molecule has 1 amide bonds. The Morgan fingerprint density at radius 3 is 2.58 bits per heavy atom. The van der Waals surface area contributed by atoms with Crippen LogP contribution in [-0.2, 0) is 20.4 Å². The average Bonchev–Trinajstić information content (AvgIpc) is 2.13. The minimum atomic E-state index is -3.07. The molecule has 0 aliphatic rings. The molecule has 1 aromatic rings. The normalized spacial score (nSPS) is 12.4. The fourth-order valence-corrected chi connectivity index (χ4v) is 2.33. The topological polar surface area (TPSA) is 89.3 Å². The number of amides is 1. The summed E-state index contributed by atoms with van der Waals surface area (Å²) in [6.45, 7) is 1.75. The first-order valence-corrected chi connectivity index (χ1v) is 7.64. The maximum absolute atomic E-state index is 11.5. The van der Waals surface area contributed by atoms with Gasteiger partial charge in [-0.25, -0.2) is 8.42 Å². The van der Waals surface area contributed by atoms with Crippen molar-refractivity contribution in [2.24, 2.45) is 5.73 Å². The summed E-state index contributed by atoms with van der Waals surface area (Å²) in [5, 5.41) is 2.69. The molecule has 0 spiro atoms. The Bertz CT molecular complexity index is 530. The predicted molar refractivity (Wildman–Crippen MR) is 79.1 cm³/mol. The van der Waals surface area contributed by atoms with Crippen molar-refractivity contribution in [1.82, 2.24) is 0 Å². The van der Waals surface area contributed by atoms with Crippen LogP contribution >= 0.6 is 12.4 Å². The zero-order valence-electron chi connectivity index (χ0n) is 10.9. The van der Waals surface area contributed by atoms with Gasteiger partial charge in [0.2, 0.25) is 5.91 Å². The lowest BCUT2D eigenvalue weighted by Gasteiger charge is -2.08. The first kappa shape index (κ1) is 17.9. The molecule has 3 N–H and O–H groups in total. The van der Waals surface area contributed by atoms with Gasteiger partial charge in [0.05, 0.1) is 5.75 Å². The second kappa shape index (κ2) is 7.47. The molecule has 0 heterocycles. The average molecular weight is 307 g/mol. The van der Waals surface area contributed by atoms with Crippen LogP contribution in [0.1, 0.15) is 18.9 Å². The Balaban J connectivity index is 0.00000324. The molecular formula is C12H19ClN2O3S. The van der Waals surface area contributed by atoms with Crippen molar-refractivity contribution in [2.75, 3.05) is 11.6 Å². The van der Waals surface area contributed by atoms with E-state index in [1.165, 1.54) is 6.26 Å². The Kier molecular flexibility index (Phi) is 7.04. The van der Waals surface area contributed by atoms with Gasteiger partial charge in [0.1, 0.15) is 0 Å². The monoisotopic (exact) mass is 306 g/mol. The van der Waals surface area contributed by atoms with Crippen molar-refractivity contribution in [3.05, 3.63) is 29.8 Å². The van der Waals surface area contributed by atoms with E-state index < -0.39 is 9.84 Å². The van der Waals surface area contributed by atoms with Crippen LogP contribution in [0, 0.1) is 0 Å². The van der Waals surface area contributed by atoms with Crippen molar-refractivity contribution in [1.29, 1.82) is 0 Å². The second-order valence-corrected chi connectivity index (χ2v) is 6.64. The SMILES string of the molecule is CC(N)CC(=O)Nc1cccc(CS(C)(=O)=O)c1.Cl. The number of hydrogen-bond acceptors (Lipinski definition) is 4. The minimum Gasteiger partial charge on any atom is -0.327 e. The summed E-state index contributed by atoms with van der Waals surface area (Å²) in [5.41, 5.74) is 6.75. The van der Waals surface area contributed by atoms with Gasteiger partial charge in [0, 0.05) is 24.4 Å². The molecule has 0 saturated carbocycles. The molecule has 7 heteroatoms. The molecule has 1 aromatic carbocycles. The minimum absolute atomic E-state index is 0. The molecule has 0 aliphatic carbocycles. The molecule has 19 heavy (non-hydrogen) atoms. The van der Waals surface area contributed by atoms with Crippen molar-refractivity contribution < 1.29 is 13.2 Å². The van der Waals surface area contributed by atoms with Crippen LogP contribution < -0.4 is 11.1 Å². The number of halogens is 1. The summed E-state index contributed by atoms with van der Waals surface area (Å²) in [6.07, 6.45) is 1.41. The molecule has 1 unspecified atom stereocenters. The fraction of sp³-hybridized carbons (Fsp3) is 0.417. The second-order valence-electron chi connectivity index (χ2n) is 4.50. The number of carbonyl (C=O) groups is 1. The van der Waals surface area contributed by atoms with Crippen LogP contribution in [0.5, 0.6) is 0 Å². The van der Waals surface area contributed by atoms with Crippen LogP contribution in [0.3, 0.4) is 0 Å². The van der Waals surface area contributed by atoms with Gasteiger partial charge in [-0.05, 0) is 24.6 Å². The third kappa shape index (κ3) is 7.81. The standard InChI is InChI=1S/C12H18N2O3S.ClH/c1-9(13)6-12(15)14-11-5-3-4-10(7-11)8-18(2,16)17;/h3-5,7,9H,6,8,13H2,1-2H3,(H,14,15);1H. The Hall–Kier alpha value is -1.11. The highest BCUT2D eigenvalue weighted by molar-refractivity contribution is 7.89. The lowest BCUT2D eigenvalue weighted by molar-refractivity contribution is -0.116. The molecule has 0 radical (unpaired) electrons. The van der Waals surface area contributed by atoms with Crippen molar-refractivity contribution in [3.8, 4) is 0 Å². The Morgan fingerprint density at radius 2 is 2.05 bits per heavy atom. The maximum Gasteiger partial charge on any atom is 0.225 e. The molecular weight excluding hydrogens is 288 g/mol. The number of nitrogens with one attached hydrogen (secondary N) is 1. The maximum atomic E-state index is 11.5. The third-order valence-electron chi connectivity index (χ3n) is 2.15. The summed E-state index contributed by atoms with van der Waals surface area (Å²) in [4.78, 5) is 11.5. The summed E-state index contributed by atoms with van der Waals surface area (Å²) in [7, 11) is -3.07. The number of hydrogen-bond donors (Lipinski definition) is 2. The zero-order chi connectivity index (χ0) is 13.8. The van der Waals surface area contributed by atoms with Gasteiger partial charge in [0.25, 0.3) is 0 Å². The molecule has 5 nitrogen and oxygen atoms in total. The van der Waals surface area contributed by atoms with E-state index in [0.717, 1.165) is 0 Å². The first-order valence-electron chi connectivity index (χ1n) is 5.58. The Morgan fingerprint density at radius 1 is 1.42 bits per heavy atom. The highest BCUT2D eigenvalue weighted by atomic mass is 35.5. The highest BCUT2D eigenvalue weighted by Gasteiger charge is 2.08. The van der Waals surface area contributed by atoms with Gasteiger partial charge in [-0.1, -0.05) is 12.1 Å². The van der Waals surface area contributed by atoms with E-state index in [9.17, 15) is 13.2 Å². The van der Waals surface area contributed by atoms with E-state index in [-0.39, 0.29) is 36.5 Å². The van der Waals surface area contributed by atoms with E-state index in [4.69, 9.17) is 5.73 Å².